The van der Waals surface area contributed by atoms with Gasteiger partial charge in [0.05, 0.1) is 27.7 Å². The molecule has 0 aromatic carbocycles. The van der Waals surface area contributed by atoms with Crippen LogP contribution in [0.15, 0.2) is 48.6 Å². The molecule has 374 valence electrons. The van der Waals surface area contributed by atoms with Crippen molar-refractivity contribution in [3.63, 3.8) is 0 Å². The predicted molar refractivity (Wildman–Crippen MR) is 270 cm³/mol. The predicted octanol–water partition coefficient (Wildman–Crippen LogP) is 15.8. The number of ether oxygens (including phenoxy) is 2. The van der Waals surface area contributed by atoms with Crippen LogP contribution in [0.1, 0.15) is 232 Å². The Morgan fingerprint density at radius 3 is 1.27 bits per heavy atom. The Morgan fingerprint density at radius 2 is 0.844 bits per heavy atom. The van der Waals surface area contributed by atoms with Crippen molar-refractivity contribution >= 4 is 19.8 Å². The van der Waals surface area contributed by atoms with Gasteiger partial charge in [-0.15, -0.1) is 0 Å². The van der Waals surface area contributed by atoms with E-state index < -0.39 is 26.5 Å². The molecule has 0 aliphatic heterocycles. The van der Waals surface area contributed by atoms with Gasteiger partial charge in [0.1, 0.15) is 19.8 Å². The summed E-state index contributed by atoms with van der Waals surface area (Å²) >= 11 is 0. The summed E-state index contributed by atoms with van der Waals surface area (Å²) in [6, 6.07) is 0. The number of carbonyl (C=O) groups excluding carboxylic acids is 2. The van der Waals surface area contributed by atoms with E-state index in [-0.39, 0.29) is 32.0 Å². The lowest BCUT2D eigenvalue weighted by atomic mass is 10.0. The summed E-state index contributed by atoms with van der Waals surface area (Å²) < 4.78 is 34.5. The van der Waals surface area contributed by atoms with Crippen LogP contribution < -0.4 is 0 Å². The normalized spacial score (nSPS) is 13.8. The minimum absolute atomic E-state index is 0.0288. The van der Waals surface area contributed by atoms with Gasteiger partial charge < -0.3 is 18.9 Å². The molecule has 0 saturated heterocycles. The molecule has 0 amide bonds. The number of carbonyl (C=O) groups is 2. The van der Waals surface area contributed by atoms with E-state index in [2.05, 4.69) is 62.5 Å². The minimum Gasteiger partial charge on any atom is -0.462 e. The van der Waals surface area contributed by atoms with Crippen LogP contribution >= 0.6 is 7.82 Å². The van der Waals surface area contributed by atoms with Gasteiger partial charge in [0, 0.05) is 12.8 Å². The Labute approximate surface area is 394 Å². The topological polar surface area (TPSA) is 108 Å². The zero-order valence-corrected chi connectivity index (χ0v) is 43.2. The van der Waals surface area contributed by atoms with Crippen molar-refractivity contribution in [1.29, 1.82) is 0 Å². The first-order chi connectivity index (χ1) is 31.0. The van der Waals surface area contributed by atoms with E-state index in [1.54, 1.807) is 0 Å². The highest BCUT2D eigenvalue weighted by atomic mass is 31.2. The van der Waals surface area contributed by atoms with Gasteiger partial charge >= 0.3 is 19.8 Å². The Bertz CT molecular complexity index is 1230. The van der Waals surface area contributed by atoms with Gasteiger partial charge in [-0.25, -0.2) is 4.57 Å². The third kappa shape index (κ3) is 49.4. The summed E-state index contributed by atoms with van der Waals surface area (Å²) in [5.74, 6) is -0.808. The number of hydrogen-bond donors (Lipinski definition) is 1. The van der Waals surface area contributed by atoms with Crippen LogP contribution in [-0.2, 0) is 32.7 Å². The quantitative estimate of drug-likeness (QED) is 0.0211. The highest BCUT2D eigenvalue weighted by Gasteiger charge is 2.27. The Hall–Kier alpha value is -2.03. The number of nitrogens with zero attached hydrogens (tertiary/aromatic N) is 1. The molecule has 0 rings (SSSR count). The molecule has 0 spiro atoms. The van der Waals surface area contributed by atoms with Gasteiger partial charge in [-0.05, 0) is 77.0 Å². The van der Waals surface area contributed by atoms with E-state index in [0.29, 0.717) is 17.4 Å². The number of hydrogen-bond acceptors (Lipinski definition) is 7. The van der Waals surface area contributed by atoms with Crippen LogP contribution in [0, 0.1) is 0 Å². The average Bonchev–Trinajstić information content (AvgIpc) is 3.25. The monoisotopic (exact) mass is 923 g/mol. The van der Waals surface area contributed by atoms with Crippen LogP contribution in [0.4, 0.5) is 0 Å². The van der Waals surface area contributed by atoms with Gasteiger partial charge in [-0.2, -0.15) is 0 Å². The molecule has 0 radical (unpaired) electrons. The summed E-state index contributed by atoms with van der Waals surface area (Å²) in [4.78, 5) is 35.5. The van der Waals surface area contributed by atoms with Crippen LogP contribution in [0.3, 0.4) is 0 Å². The Balaban J connectivity index is 4.22. The van der Waals surface area contributed by atoms with Crippen LogP contribution in [0.5, 0.6) is 0 Å². The number of allylic oxidation sites excluding steroid dienone is 8. The lowest BCUT2D eigenvalue weighted by molar-refractivity contribution is -0.870. The molecule has 9 nitrogen and oxygen atoms in total. The van der Waals surface area contributed by atoms with E-state index in [1.807, 2.05) is 21.1 Å². The first-order valence-electron chi connectivity index (χ1n) is 26.4. The van der Waals surface area contributed by atoms with E-state index in [4.69, 9.17) is 18.5 Å². The maximum absolute atomic E-state index is 12.8. The highest BCUT2D eigenvalue weighted by molar-refractivity contribution is 7.47. The van der Waals surface area contributed by atoms with E-state index in [0.717, 1.165) is 70.6 Å². The molecule has 0 bridgehead atoms. The maximum Gasteiger partial charge on any atom is 0.472 e. The summed E-state index contributed by atoms with van der Waals surface area (Å²) in [7, 11) is 1.47. The number of rotatable bonds is 48. The van der Waals surface area contributed by atoms with Crippen molar-refractivity contribution in [3.05, 3.63) is 48.6 Å². The first kappa shape index (κ1) is 62.0. The second-order valence-electron chi connectivity index (χ2n) is 18.9. The fraction of sp³-hybridized carbons (Fsp3) is 0.815. The molecular formula is C54H101NO8P+. The smallest absolute Gasteiger partial charge is 0.462 e. The number of likely N-dealkylation sites (N-methyl/N-ethyl adjacent to an activating group) is 1. The SMILES string of the molecule is CCCCCCC/C=C\C/C=C\C/C=C\CCCCCCCCCCCCC(=O)OC(COC(=O)CCCCCCC/C=C\CCCCCCCC)COP(=O)(O)OCC[N+](C)(C)C. The second-order valence-corrected chi connectivity index (χ2v) is 20.4. The molecule has 1 N–H and O–H groups in total. The minimum atomic E-state index is -4.38. The third-order valence-electron chi connectivity index (χ3n) is 11.3. The molecule has 64 heavy (non-hydrogen) atoms. The standard InChI is InChI=1S/C54H100NO8P/c1-6-8-10-12-14-16-18-20-22-23-24-25-26-27-28-29-30-31-33-35-37-39-41-43-45-47-54(57)63-52(51-62-64(58,59)61-49-48-55(3,4)5)50-60-53(56)46-44-42-40-38-36-34-32-21-19-17-15-13-11-9-7-2/h18,20-21,23-24,26-27,32,52H,6-17,19,22,25,28-31,33-51H2,1-5H3/p+1/b20-18-,24-23-,27-26-,32-21-. The zero-order chi connectivity index (χ0) is 47.1. The molecule has 0 aromatic rings. The summed E-state index contributed by atoms with van der Waals surface area (Å²) in [5.41, 5.74) is 0. The highest BCUT2D eigenvalue weighted by Crippen LogP contribution is 2.43. The number of esters is 2. The van der Waals surface area contributed by atoms with Gasteiger partial charge in [-0.3, -0.25) is 18.6 Å². The molecule has 0 aromatic heterocycles. The Morgan fingerprint density at radius 1 is 0.484 bits per heavy atom. The number of unbranched alkanes of at least 4 members (excludes halogenated alkanes) is 26. The molecular weight excluding hydrogens is 822 g/mol. The first-order valence-corrected chi connectivity index (χ1v) is 27.9. The van der Waals surface area contributed by atoms with E-state index in [9.17, 15) is 19.0 Å². The van der Waals surface area contributed by atoms with Gasteiger partial charge in [0.25, 0.3) is 0 Å². The van der Waals surface area contributed by atoms with Gasteiger partial charge in [-0.1, -0.05) is 191 Å². The molecule has 0 aliphatic rings. The molecule has 2 unspecified atom stereocenters. The maximum atomic E-state index is 12.8. The molecule has 0 aliphatic carbocycles. The van der Waals surface area contributed by atoms with E-state index in [1.165, 1.54) is 128 Å². The number of phosphoric acid groups is 1. The summed E-state index contributed by atoms with van der Waals surface area (Å²) in [6.07, 6.45) is 55.9. The number of quaternary nitrogens is 1. The van der Waals surface area contributed by atoms with Crippen molar-refractivity contribution in [2.75, 3.05) is 47.5 Å². The van der Waals surface area contributed by atoms with Crippen LogP contribution in [0.25, 0.3) is 0 Å². The van der Waals surface area contributed by atoms with Crippen molar-refractivity contribution in [3.8, 4) is 0 Å². The molecule has 0 heterocycles. The Kier molecular flexibility index (Phi) is 44.6. The second kappa shape index (κ2) is 46.1. The fourth-order valence-corrected chi connectivity index (χ4v) is 7.93. The molecule has 2 atom stereocenters. The van der Waals surface area contributed by atoms with Crippen molar-refractivity contribution in [1.82, 2.24) is 0 Å². The van der Waals surface area contributed by atoms with Crippen molar-refractivity contribution in [2.24, 2.45) is 0 Å². The fourth-order valence-electron chi connectivity index (χ4n) is 7.19. The van der Waals surface area contributed by atoms with Crippen LogP contribution in [0.2, 0.25) is 0 Å². The lowest BCUT2D eigenvalue weighted by Gasteiger charge is -2.24. The largest absolute Gasteiger partial charge is 0.472 e. The molecule has 10 heteroatoms. The summed E-state index contributed by atoms with van der Waals surface area (Å²) in [5, 5.41) is 0. The number of phosphoric ester groups is 1. The molecule has 0 saturated carbocycles. The van der Waals surface area contributed by atoms with E-state index >= 15 is 0 Å². The van der Waals surface area contributed by atoms with Gasteiger partial charge in [0.15, 0.2) is 6.10 Å². The average molecular weight is 923 g/mol. The van der Waals surface area contributed by atoms with Crippen molar-refractivity contribution < 1.29 is 42.1 Å². The zero-order valence-electron chi connectivity index (χ0n) is 42.3. The third-order valence-corrected chi connectivity index (χ3v) is 12.3. The molecule has 0 fully saturated rings. The van der Waals surface area contributed by atoms with Crippen LogP contribution in [-0.4, -0.2) is 74.9 Å². The lowest BCUT2D eigenvalue weighted by Crippen LogP contribution is -2.37. The van der Waals surface area contributed by atoms with Crippen molar-refractivity contribution in [2.45, 2.75) is 238 Å². The van der Waals surface area contributed by atoms with Gasteiger partial charge in [0.2, 0.25) is 0 Å². The summed E-state index contributed by atoms with van der Waals surface area (Å²) in [6.45, 7) is 4.41.